The summed E-state index contributed by atoms with van der Waals surface area (Å²) < 4.78 is 2.29. The average molecular weight is 190 g/mol. The van der Waals surface area contributed by atoms with Gasteiger partial charge in [-0.25, -0.2) is 0 Å². The Balaban J connectivity index is 2.03. The Labute approximate surface area is 64.2 Å². The molecular formula is C6H11N2Se. The zero-order valence-electron chi connectivity index (χ0n) is 5.42. The van der Waals surface area contributed by atoms with Gasteiger partial charge in [0.25, 0.3) is 0 Å². The first-order chi connectivity index (χ1) is 4.34. The van der Waals surface area contributed by atoms with Gasteiger partial charge in [0.2, 0.25) is 0 Å². The normalized spacial score (nSPS) is 43.7. The van der Waals surface area contributed by atoms with Gasteiger partial charge in [0.1, 0.15) is 0 Å². The summed E-state index contributed by atoms with van der Waals surface area (Å²) in [5, 5.41) is 0. The molecule has 0 aromatic carbocycles. The Morgan fingerprint density at radius 3 is 3.00 bits per heavy atom. The SMILES string of the molecule is [Se]N1CC2CCN(C2)C1. The molecule has 1 radical (unpaired) electrons. The van der Waals surface area contributed by atoms with E-state index in [1.807, 2.05) is 0 Å². The molecule has 3 heteroatoms. The molecule has 2 aliphatic rings. The molecule has 0 spiro atoms. The van der Waals surface area contributed by atoms with Crippen LogP contribution in [0.2, 0.25) is 0 Å². The van der Waals surface area contributed by atoms with Crippen LogP contribution in [0.15, 0.2) is 0 Å². The summed E-state index contributed by atoms with van der Waals surface area (Å²) in [6.45, 7) is 5.09. The van der Waals surface area contributed by atoms with Crippen molar-refractivity contribution in [1.29, 1.82) is 0 Å². The number of fused-ring (bicyclic) bond motifs is 2. The van der Waals surface area contributed by atoms with Crippen LogP contribution in [-0.4, -0.2) is 51.3 Å². The van der Waals surface area contributed by atoms with Crippen LogP contribution in [0.4, 0.5) is 0 Å². The maximum absolute atomic E-state index is 3.07. The Hall–Kier alpha value is 0.439. The maximum atomic E-state index is 3.07. The van der Waals surface area contributed by atoms with E-state index in [-0.39, 0.29) is 0 Å². The Bertz CT molecular complexity index is 106. The molecule has 51 valence electrons. The molecule has 2 rings (SSSR count). The fraction of sp³-hybridized carbons (Fsp3) is 1.00. The fourth-order valence-corrected chi connectivity index (χ4v) is 2.54. The first-order valence-corrected chi connectivity index (χ1v) is 4.25. The third-order valence-corrected chi connectivity index (χ3v) is 2.74. The summed E-state index contributed by atoms with van der Waals surface area (Å²) in [6, 6.07) is 0. The molecule has 2 atom stereocenters. The summed E-state index contributed by atoms with van der Waals surface area (Å²) >= 11 is 3.07. The summed E-state index contributed by atoms with van der Waals surface area (Å²) in [5.74, 6) is 0.958. The standard InChI is InChI=1S/C6H11N2Se/c9-8-4-6-1-2-7(3-6)5-8/h6H,1-5H2. The first kappa shape index (κ1) is 6.17. The van der Waals surface area contributed by atoms with Crippen molar-refractivity contribution < 1.29 is 0 Å². The molecular weight excluding hydrogens is 179 g/mol. The summed E-state index contributed by atoms with van der Waals surface area (Å²) in [7, 11) is 0. The van der Waals surface area contributed by atoms with Crippen LogP contribution in [0.5, 0.6) is 0 Å². The topological polar surface area (TPSA) is 6.48 Å². The minimum absolute atomic E-state index is 0.958. The second kappa shape index (κ2) is 2.24. The van der Waals surface area contributed by atoms with Crippen molar-refractivity contribution >= 4 is 16.2 Å². The van der Waals surface area contributed by atoms with Gasteiger partial charge < -0.3 is 0 Å². The van der Waals surface area contributed by atoms with Crippen molar-refractivity contribution in [3.05, 3.63) is 0 Å². The van der Waals surface area contributed by atoms with Crippen molar-refractivity contribution in [2.45, 2.75) is 6.42 Å². The van der Waals surface area contributed by atoms with Crippen LogP contribution < -0.4 is 0 Å². The van der Waals surface area contributed by atoms with Gasteiger partial charge in [0, 0.05) is 0 Å². The van der Waals surface area contributed by atoms with E-state index in [2.05, 4.69) is 25.0 Å². The Kier molecular flexibility index (Phi) is 1.54. The Morgan fingerprint density at radius 2 is 2.22 bits per heavy atom. The van der Waals surface area contributed by atoms with Gasteiger partial charge in [-0.2, -0.15) is 0 Å². The molecule has 2 aliphatic heterocycles. The average Bonchev–Trinajstić information content (AvgIpc) is 2.11. The van der Waals surface area contributed by atoms with Gasteiger partial charge in [0.05, 0.1) is 0 Å². The van der Waals surface area contributed by atoms with Gasteiger partial charge in [-0.1, -0.05) is 0 Å². The van der Waals surface area contributed by atoms with Gasteiger partial charge in [-0.3, -0.25) is 0 Å². The number of nitrogens with zero attached hydrogens (tertiary/aromatic N) is 2. The molecule has 0 saturated carbocycles. The molecule has 9 heavy (non-hydrogen) atoms. The molecule has 0 aromatic heterocycles. The molecule has 0 N–H and O–H groups in total. The van der Waals surface area contributed by atoms with E-state index in [1.54, 1.807) is 0 Å². The van der Waals surface area contributed by atoms with Crippen molar-refractivity contribution in [3.63, 3.8) is 0 Å². The van der Waals surface area contributed by atoms with Crippen LogP contribution in [0.3, 0.4) is 0 Å². The van der Waals surface area contributed by atoms with Crippen LogP contribution in [0.1, 0.15) is 6.42 Å². The van der Waals surface area contributed by atoms with Crippen molar-refractivity contribution in [2.75, 3.05) is 26.3 Å². The summed E-state index contributed by atoms with van der Waals surface area (Å²) in [5.41, 5.74) is 0. The predicted molar refractivity (Wildman–Crippen MR) is 37.0 cm³/mol. The number of hydrogen-bond acceptors (Lipinski definition) is 2. The minimum atomic E-state index is 0.958. The van der Waals surface area contributed by atoms with Gasteiger partial charge in [-0.15, -0.1) is 0 Å². The zero-order chi connectivity index (χ0) is 6.27. The van der Waals surface area contributed by atoms with Gasteiger partial charge in [-0.05, 0) is 0 Å². The number of rotatable bonds is 0. The molecule has 2 nitrogen and oxygen atoms in total. The third-order valence-electron chi connectivity index (χ3n) is 2.19. The van der Waals surface area contributed by atoms with Crippen LogP contribution in [0, 0.1) is 5.92 Å². The first-order valence-electron chi connectivity index (χ1n) is 3.49. The molecule has 0 amide bonds. The van der Waals surface area contributed by atoms with E-state index in [1.165, 1.54) is 26.1 Å². The zero-order valence-corrected chi connectivity index (χ0v) is 7.13. The molecule has 0 aromatic rings. The van der Waals surface area contributed by atoms with Crippen molar-refractivity contribution in [2.24, 2.45) is 5.92 Å². The summed E-state index contributed by atoms with van der Waals surface area (Å²) in [4.78, 5) is 2.50. The Morgan fingerprint density at radius 1 is 1.33 bits per heavy atom. The molecule has 2 heterocycles. The summed E-state index contributed by atoms with van der Waals surface area (Å²) in [6.07, 6.45) is 1.41. The fourth-order valence-electron chi connectivity index (χ4n) is 1.76. The van der Waals surface area contributed by atoms with E-state index >= 15 is 0 Å². The van der Waals surface area contributed by atoms with E-state index in [9.17, 15) is 0 Å². The van der Waals surface area contributed by atoms with E-state index in [4.69, 9.17) is 0 Å². The monoisotopic (exact) mass is 191 g/mol. The third kappa shape index (κ3) is 1.15. The molecule has 0 aliphatic carbocycles. The molecule has 2 unspecified atom stereocenters. The van der Waals surface area contributed by atoms with Crippen LogP contribution in [-0.2, 0) is 0 Å². The van der Waals surface area contributed by atoms with Crippen LogP contribution in [0.25, 0.3) is 0 Å². The van der Waals surface area contributed by atoms with E-state index in [0.29, 0.717) is 0 Å². The second-order valence-corrected chi connectivity index (χ2v) is 4.12. The molecule has 2 bridgehead atoms. The predicted octanol–water partition coefficient (Wildman–Crippen LogP) is -0.335. The van der Waals surface area contributed by atoms with Crippen LogP contribution >= 0.6 is 0 Å². The number of hydrogen-bond donors (Lipinski definition) is 0. The quantitative estimate of drug-likeness (QED) is 0.482. The van der Waals surface area contributed by atoms with Crippen molar-refractivity contribution in [1.82, 2.24) is 8.82 Å². The second-order valence-electron chi connectivity index (χ2n) is 3.04. The van der Waals surface area contributed by atoms with E-state index in [0.717, 1.165) is 12.6 Å². The van der Waals surface area contributed by atoms with Gasteiger partial charge >= 0.3 is 63.7 Å². The van der Waals surface area contributed by atoms with E-state index < -0.39 is 0 Å². The van der Waals surface area contributed by atoms with Crippen molar-refractivity contribution in [3.8, 4) is 0 Å². The molecule has 2 saturated heterocycles. The molecule has 2 fully saturated rings. The van der Waals surface area contributed by atoms with Gasteiger partial charge in [0.15, 0.2) is 0 Å².